The number of nitrogens with zero attached hydrogens (tertiary/aromatic N) is 2. The fraction of sp³-hybridized carbons (Fsp3) is 0.778. The molecule has 86 valence electrons. The first-order chi connectivity index (χ1) is 7.06. The standard InChI is InChI=1S/C9H17N3OS2/c1-4-15(13)6-5-12-8(7(2)3)10-11-9(12)14/h7H,4-6H2,1-3H3,(H,11,14). The minimum absolute atomic E-state index is 0.327. The van der Waals surface area contributed by atoms with Gasteiger partial charge in [-0.1, -0.05) is 20.8 Å². The van der Waals surface area contributed by atoms with Gasteiger partial charge in [0.1, 0.15) is 5.82 Å². The van der Waals surface area contributed by atoms with Crippen molar-refractivity contribution in [3.05, 3.63) is 10.6 Å². The predicted molar refractivity (Wildman–Crippen MR) is 65.1 cm³/mol. The molecule has 1 atom stereocenters. The topological polar surface area (TPSA) is 50.7 Å². The lowest BCUT2D eigenvalue weighted by Crippen LogP contribution is -2.12. The van der Waals surface area contributed by atoms with Crippen LogP contribution in [0.5, 0.6) is 0 Å². The summed E-state index contributed by atoms with van der Waals surface area (Å²) in [7, 11) is -0.750. The van der Waals surface area contributed by atoms with E-state index in [9.17, 15) is 4.21 Å². The van der Waals surface area contributed by atoms with Gasteiger partial charge >= 0.3 is 0 Å². The van der Waals surface area contributed by atoms with Crippen LogP contribution in [0.25, 0.3) is 0 Å². The molecular formula is C9H17N3OS2. The van der Waals surface area contributed by atoms with E-state index in [1.807, 2.05) is 11.5 Å². The summed E-state index contributed by atoms with van der Waals surface area (Å²) in [5.41, 5.74) is 0. The summed E-state index contributed by atoms with van der Waals surface area (Å²) in [6, 6.07) is 0. The molecule has 0 radical (unpaired) electrons. The Hall–Kier alpha value is -0.490. The fourth-order valence-corrected chi connectivity index (χ4v) is 2.23. The smallest absolute Gasteiger partial charge is 0.195 e. The lowest BCUT2D eigenvalue weighted by molar-refractivity contribution is 0.638. The van der Waals surface area contributed by atoms with Gasteiger partial charge in [-0.3, -0.25) is 9.31 Å². The van der Waals surface area contributed by atoms with Crippen LogP contribution in [0.3, 0.4) is 0 Å². The van der Waals surface area contributed by atoms with E-state index in [1.54, 1.807) is 0 Å². The van der Waals surface area contributed by atoms with Gasteiger partial charge in [0, 0.05) is 34.8 Å². The molecule has 0 aliphatic heterocycles. The summed E-state index contributed by atoms with van der Waals surface area (Å²) in [5, 5.41) is 6.94. The van der Waals surface area contributed by atoms with Crippen molar-refractivity contribution < 1.29 is 4.21 Å². The predicted octanol–water partition coefficient (Wildman–Crippen LogP) is 1.83. The Morgan fingerprint density at radius 3 is 2.80 bits per heavy atom. The third-order valence-electron chi connectivity index (χ3n) is 2.17. The molecule has 0 spiro atoms. The highest BCUT2D eigenvalue weighted by Gasteiger charge is 2.10. The zero-order valence-electron chi connectivity index (χ0n) is 9.32. The van der Waals surface area contributed by atoms with E-state index in [4.69, 9.17) is 12.2 Å². The Kier molecular flexibility index (Phi) is 4.66. The van der Waals surface area contributed by atoms with E-state index in [-0.39, 0.29) is 0 Å². The zero-order valence-corrected chi connectivity index (χ0v) is 11.0. The van der Waals surface area contributed by atoms with E-state index in [0.29, 0.717) is 28.7 Å². The average molecular weight is 247 g/mol. The molecule has 0 saturated heterocycles. The van der Waals surface area contributed by atoms with E-state index < -0.39 is 10.8 Å². The second-order valence-electron chi connectivity index (χ2n) is 3.63. The third-order valence-corrected chi connectivity index (χ3v) is 3.76. The van der Waals surface area contributed by atoms with Crippen molar-refractivity contribution >= 4 is 23.0 Å². The largest absolute Gasteiger partial charge is 0.303 e. The van der Waals surface area contributed by atoms with Crippen LogP contribution < -0.4 is 0 Å². The Balaban J connectivity index is 2.79. The first-order valence-electron chi connectivity index (χ1n) is 5.06. The number of hydrogen-bond donors (Lipinski definition) is 1. The van der Waals surface area contributed by atoms with Crippen molar-refractivity contribution in [3.8, 4) is 0 Å². The van der Waals surface area contributed by atoms with Crippen LogP contribution in [0.2, 0.25) is 0 Å². The molecule has 0 aliphatic carbocycles. The summed E-state index contributed by atoms with van der Waals surface area (Å²) in [5.74, 6) is 2.60. The fourth-order valence-electron chi connectivity index (χ4n) is 1.32. The van der Waals surface area contributed by atoms with Crippen LogP contribution in [-0.4, -0.2) is 30.5 Å². The maximum atomic E-state index is 11.3. The maximum absolute atomic E-state index is 11.3. The van der Waals surface area contributed by atoms with Crippen molar-refractivity contribution in [3.63, 3.8) is 0 Å². The minimum Gasteiger partial charge on any atom is -0.303 e. The number of rotatable bonds is 5. The van der Waals surface area contributed by atoms with Gasteiger partial charge in [-0.05, 0) is 12.2 Å². The molecule has 0 aliphatic rings. The highest BCUT2D eigenvalue weighted by Crippen LogP contribution is 2.11. The molecule has 6 heteroatoms. The highest BCUT2D eigenvalue weighted by atomic mass is 32.2. The quantitative estimate of drug-likeness (QED) is 0.808. The second-order valence-corrected chi connectivity index (χ2v) is 5.88. The maximum Gasteiger partial charge on any atom is 0.195 e. The number of H-pyrrole nitrogens is 1. The highest BCUT2D eigenvalue weighted by molar-refractivity contribution is 7.84. The first-order valence-corrected chi connectivity index (χ1v) is 6.96. The molecule has 0 saturated carbocycles. The van der Waals surface area contributed by atoms with Gasteiger partial charge in [0.2, 0.25) is 0 Å². The summed E-state index contributed by atoms with van der Waals surface area (Å²) in [6.45, 7) is 6.74. The van der Waals surface area contributed by atoms with Crippen molar-refractivity contribution in [2.45, 2.75) is 33.2 Å². The molecule has 0 amide bonds. The van der Waals surface area contributed by atoms with Crippen molar-refractivity contribution in [1.82, 2.24) is 14.8 Å². The lowest BCUT2D eigenvalue weighted by atomic mass is 10.2. The van der Waals surface area contributed by atoms with E-state index >= 15 is 0 Å². The monoisotopic (exact) mass is 247 g/mol. The summed E-state index contributed by atoms with van der Waals surface area (Å²) in [4.78, 5) is 0. The van der Waals surface area contributed by atoms with Crippen molar-refractivity contribution in [2.75, 3.05) is 11.5 Å². The van der Waals surface area contributed by atoms with Crippen LogP contribution >= 0.6 is 12.2 Å². The summed E-state index contributed by atoms with van der Waals surface area (Å²) < 4.78 is 13.9. The Morgan fingerprint density at radius 2 is 2.27 bits per heavy atom. The molecule has 1 rings (SSSR count). The van der Waals surface area contributed by atoms with E-state index in [1.165, 1.54) is 0 Å². The molecule has 1 N–H and O–H groups in total. The van der Waals surface area contributed by atoms with Crippen LogP contribution in [0.15, 0.2) is 0 Å². The second kappa shape index (κ2) is 5.55. The van der Waals surface area contributed by atoms with Crippen LogP contribution in [0, 0.1) is 4.77 Å². The Labute approximate surface area is 97.5 Å². The zero-order chi connectivity index (χ0) is 11.4. The molecule has 0 aromatic carbocycles. The van der Waals surface area contributed by atoms with Crippen LogP contribution in [0.4, 0.5) is 0 Å². The molecule has 0 fully saturated rings. The van der Waals surface area contributed by atoms with Gasteiger partial charge in [0.25, 0.3) is 0 Å². The molecule has 1 unspecified atom stereocenters. The first kappa shape index (κ1) is 12.6. The summed E-state index contributed by atoms with van der Waals surface area (Å²) in [6.07, 6.45) is 0. The molecule has 0 bridgehead atoms. The van der Waals surface area contributed by atoms with Crippen LogP contribution in [0.1, 0.15) is 32.5 Å². The van der Waals surface area contributed by atoms with Gasteiger partial charge < -0.3 is 4.57 Å². The molecule has 1 aromatic rings. The Bertz CT molecular complexity index is 394. The lowest BCUT2D eigenvalue weighted by Gasteiger charge is -2.08. The average Bonchev–Trinajstić information content (AvgIpc) is 2.56. The Morgan fingerprint density at radius 1 is 1.60 bits per heavy atom. The van der Waals surface area contributed by atoms with Crippen LogP contribution in [-0.2, 0) is 17.3 Å². The molecule has 1 aromatic heterocycles. The van der Waals surface area contributed by atoms with Gasteiger partial charge in [-0.15, -0.1) is 0 Å². The van der Waals surface area contributed by atoms with Crippen molar-refractivity contribution in [1.29, 1.82) is 0 Å². The molecule has 15 heavy (non-hydrogen) atoms. The number of aromatic amines is 1. The van der Waals surface area contributed by atoms with E-state index in [0.717, 1.165) is 5.82 Å². The number of nitrogens with one attached hydrogen (secondary N) is 1. The van der Waals surface area contributed by atoms with E-state index in [2.05, 4.69) is 24.0 Å². The molecular weight excluding hydrogens is 230 g/mol. The third kappa shape index (κ3) is 3.24. The SMILES string of the molecule is CCS(=O)CCn1c(C(C)C)n[nH]c1=S. The number of aromatic nitrogens is 3. The van der Waals surface area contributed by atoms with Gasteiger partial charge in [-0.25, -0.2) is 0 Å². The van der Waals surface area contributed by atoms with Crippen molar-refractivity contribution in [2.24, 2.45) is 0 Å². The summed E-state index contributed by atoms with van der Waals surface area (Å²) >= 11 is 5.13. The van der Waals surface area contributed by atoms with Gasteiger partial charge in [-0.2, -0.15) is 5.10 Å². The van der Waals surface area contributed by atoms with Gasteiger partial charge in [0.05, 0.1) is 0 Å². The normalized spacial score (nSPS) is 13.3. The van der Waals surface area contributed by atoms with Gasteiger partial charge in [0.15, 0.2) is 4.77 Å². The molecule has 1 heterocycles. The molecule has 4 nitrogen and oxygen atoms in total. The number of hydrogen-bond acceptors (Lipinski definition) is 3. The minimum atomic E-state index is -0.750.